The van der Waals surface area contributed by atoms with Gasteiger partial charge < -0.3 is 15.0 Å². The maximum atomic E-state index is 12.1. The molecule has 0 aromatic heterocycles. The van der Waals surface area contributed by atoms with Crippen molar-refractivity contribution in [1.29, 1.82) is 0 Å². The van der Waals surface area contributed by atoms with Gasteiger partial charge in [-0.05, 0) is 31.0 Å². The Hall–Kier alpha value is -1.75. The number of rotatable bonds is 5. The third kappa shape index (κ3) is 4.11. The Labute approximate surface area is 129 Å². The SMILES string of the molecule is COc1ccc(Cl)cc1C(=O)NCCC(=O)N1CCCC1. The predicted octanol–water partition coefficient (Wildman–Crippen LogP) is 2.09. The molecule has 1 aromatic carbocycles. The molecule has 0 bridgehead atoms. The van der Waals surface area contributed by atoms with Crippen LogP contribution in [0.2, 0.25) is 5.02 Å². The second kappa shape index (κ2) is 7.31. The van der Waals surface area contributed by atoms with Gasteiger partial charge in [-0.3, -0.25) is 9.59 Å². The maximum Gasteiger partial charge on any atom is 0.255 e. The minimum atomic E-state index is -0.288. The molecule has 1 saturated heterocycles. The predicted molar refractivity (Wildman–Crippen MR) is 80.8 cm³/mol. The molecule has 21 heavy (non-hydrogen) atoms. The number of hydrogen-bond acceptors (Lipinski definition) is 3. The highest BCUT2D eigenvalue weighted by Gasteiger charge is 2.18. The number of nitrogens with one attached hydrogen (secondary N) is 1. The molecule has 1 aliphatic heterocycles. The van der Waals surface area contributed by atoms with Gasteiger partial charge in [0.25, 0.3) is 5.91 Å². The molecule has 5 nitrogen and oxygen atoms in total. The Morgan fingerprint density at radius 2 is 2.05 bits per heavy atom. The summed E-state index contributed by atoms with van der Waals surface area (Å²) >= 11 is 5.89. The van der Waals surface area contributed by atoms with E-state index in [9.17, 15) is 9.59 Å². The van der Waals surface area contributed by atoms with E-state index in [1.165, 1.54) is 7.11 Å². The van der Waals surface area contributed by atoms with Gasteiger partial charge in [0, 0.05) is 31.1 Å². The monoisotopic (exact) mass is 310 g/mol. The topological polar surface area (TPSA) is 58.6 Å². The number of benzene rings is 1. The number of ether oxygens (including phenoxy) is 1. The van der Waals surface area contributed by atoms with Crippen LogP contribution in [0.15, 0.2) is 18.2 Å². The van der Waals surface area contributed by atoms with Crippen LogP contribution in [0.1, 0.15) is 29.6 Å². The number of halogens is 1. The highest BCUT2D eigenvalue weighted by atomic mass is 35.5. The van der Waals surface area contributed by atoms with E-state index in [2.05, 4.69) is 5.32 Å². The highest BCUT2D eigenvalue weighted by molar-refractivity contribution is 6.31. The second-order valence-electron chi connectivity index (χ2n) is 4.94. The molecule has 1 aliphatic rings. The van der Waals surface area contributed by atoms with Crippen LogP contribution in [0, 0.1) is 0 Å². The molecule has 0 atom stereocenters. The summed E-state index contributed by atoms with van der Waals surface area (Å²) in [4.78, 5) is 25.8. The summed E-state index contributed by atoms with van der Waals surface area (Å²) in [7, 11) is 1.50. The summed E-state index contributed by atoms with van der Waals surface area (Å²) in [5, 5.41) is 3.20. The largest absolute Gasteiger partial charge is 0.496 e. The van der Waals surface area contributed by atoms with E-state index in [-0.39, 0.29) is 11.8 Å². The minimum absolute atomic E-state index is 0.0888. The molecule has 0 saturated carbocycles. The van der Waals surface area contributed by atoms with E-state index in [1.807, 2.05) is 4.90 Å². The van der Waals surface area contributed by atoms with Gasteiger partial charge in [0.2, 0.25) is 5.91 Å². The Bertz CT molecular complexity index is 528. The fourth-order valence-electron chi connectivity index (χ4n) is 2.36. The van der Waals surface area contributed by atoms with Gasteiger partial charge in [-0.15, -0.1) is 0 Å². The van der Waals surface area contributed by atoms with Crippen LogP contribution >= 0.6 is 11.6 Å². The first kappa shape index (κ1) is 15.6. The molecular formula is C15H19ClN2O3. The van der Waals surface area contributed by atoms with Crippen LogP contribution in [0.25, 0.3) is 0 Å². The second-order valence-corrected chi connectivity index (χ2v) is 5.37. The molecule has 1 N–H and O–H groups in total. The van der Waals surface area contributed by atoms with Gasteiger partial charge in [-0.25, -0.2) is 0 Å². The van der Waals surface area contributed by atoms with Crippen LogP contribution in [-0.4, -0.2) is 43.5 Å². The summed E-state index contributed by atoms with van der Waals surface area (Å²) in [6.45, 7) is 1.97. The van der Waals surface area contributed by atoms with Crippen molar-refractivity contribution in [2.75, 3.05) is 26.7 Å². The lowest BCUT2D eigenvalue weighted by molar-refractivity contribution is -0.129. The van der Waals surface area contributed by atoms with Crippen molar-refractivity contribution in [2.45, 2.75) is 19.3 Å². The van der Waals surface area contributed by atoms with Crippen LogP contribution in [0.4, 0.5) is 0 Å². The molecule has 1 aromatic rings. The molecule has 0 spiro atoms. The molecule has 114 valence electrons. The zero-order valence-corrected chi connectivity index (χ0v) is 12.8. The fourth-order valence-corrected chi connectivity index (χ4v) is 2.53. The minimum Gasteiger partial charge on any atom is -0.496 e. The molecular weight excluding hydrogens is 292 g/mol. The van der Waals surface area contributed by atoms with Crippen molar-refractivity contribution in [3.05, 3.63) is 28.8 Å². The van der Waals surface area contributed by atoms with Gasteiger partial charge in [0.15, 0.2) is 0 Å². The van der Waals surface area contributed by atoms with Crippen molar-refractivity contribution < 1.29 is 14.3 Å². The highest BCUT2D eigenvalue weighted by Crippen LogP contribution is 2.22. The van der Waals surface area contributed by atoms with Crippen molar-refractivity contribution in [2.24, 2.45) is 0 Å². The van der Waals surface area contributed by atoms with Crippen molar-refractivity contribution in [3.63, 3.8) is 0 Å². The summed E-state index contributed by atoms with van der Waals surface area (Å²) in [6.07, 6.45) is 2.45. The van der Waals surface area contributed by atoms with Crippen LogP contribution in [0.3, 0.4) is 0 Å². The van der Waals surface area contributed by atoms with E-state index in [1.54, 1.807) is 18.2 Å². The number of hydrogen-bond donors (Lipinski definition) is 1. The van der Waals surface area contributed by atoms with Gasteiger partial charge in [0.1, 0.15) is 5.75 Å². The summed E-state index contributed by atoms with van der Waals surface area (Å²) in [6, 6.07) is 4.86. The van der Waals surface area contributed by atoms with E-state index in [0.717, 1.165) is 25.9 Å². The molecule has 0 aliphatic carbocycles. The molecule has 2 rings (SSSR count). The lowest BCUT2D eigenvalue weighted by Crippen LogP contribution is -2.32. The van der Waals surface area contributed by atoms with Gasteiger partial charge >= 0.3 is 0 Å². The third-order valence-corrected chi connectivity index (χ3v) is 3.72. The maximum absolute atomic E-state index is 12.1. The summed E-state index contributed by atoms with van der Waals surface area (Å²) in [5.74, 6) is 0.261. The average molecular weight is 311 g/mol. The average Bonchev–Trinajstić information content (AvgIpc) is 3.01. The number of methoxy groups -OCH3 is 1. The number of amides is 2. The van der Waals surface area contributed by atoms with Crippen LogP contribution in [0.5, 0.6) is 5.75 Å². The molecule has 0 radical (unpaired) electrons. The standard InChI is InChI=1S/C15H19ClN2O3/c1-21-13-5-4-11(16)10-12(13)15(20)17-7-6-14(19)18-8-2-3-9-18/h4-5,10H,2-3,6-9H2,1H3,(H,17,20). The van der Waals surface area contributed by atoms with E-state index >= 15 is 0 Å². The Morgan fingerprint density at radius 1 is 1.33 bits per heavy atom. The zero-order valence-electron chi connectivity index (χ0n) is 12.0. The van der Waals surface area contributed by atoms with Gasteiger partial charge in [-0.2, -0.15) is 0 Å². The number of likely N-dealkylation sites (tertiary alicyclic amines) is 1. The summed E-state index contributed by atoms with van der Waals surface area (Å²) < 4.78 is 5.14. The number of carbonyl (C=O) groups is 2. The molecule has 6 heteroatoms. The molecule has 1 heterocycles. The zero-order chi connectivity index (χ0) is 15.2. The Balaban J connectivity index is 1.87. The summed E-state index contributed by atoms with van der Waals surface area (Å²) in [5.41, 5.74) is 0.374. The lowest BCUT2D eigenvalue weighted by Gasteiger charge is -2.15. The quantitative estimate of drug-likeness (QED) is 0.906. The lowest BCUT2D eigenvalue weighted by atomic mass is 10.2. The van der Waals surface area contributed by atoms with E-state index in [4.69, 9.17) is 16.3 Å². The smallest absolute Gasteiger partial charge is 0.255 e. The Kier molecular flexibility index (Phi) is 5.44. The first-order valence-electron chi connectivity index (χ1n) is 7.01. The molecule has 1 fully saturated rings. The van der Waals surface area contributed by atoms with Crippen molar-refractivity contribution in [1.82, 2.24) is 10.2 Å². The van der Waals surface area contributed by atoms with E-state index < -0.39 is 0 Å². The van der Waals surface area contributed by atoms with Crippen LogP contribution in [-0.2, 0) is 4.79 Å². The Morgan fingerprint density at radius 3 is 2.71 bits per heavy atom. The van der Waals surface area contributed by atoms with E-state index in [0.29, 0.717) is 29.3 Å². The van der Waals surface area contributed by atoms with Crippen molar-refractivity contribution >= 4 is 23.4 Å². The van der Waals surface area contributed by atoms with Crippen molar-refractivity contribution in [3.8, 4) is 5.75 Å². The van der Waals surface area contributed by atoms with Gasteiger partial charge in [-0.1, -0.05) is 11.6 Å². The molecule has 0 unspecified atom stereocenters. The first-order valence-corrected chi connectivity index (χ1v) is 7.39. The van der Waals surface area contributed by atoms with Gasteiger partial charge in [0.05, 0.1) is 12.7 Å². The first-order chi connectivity index (χ1) is 10.1. The number of carbonyl (C=O) groups excluding carboxylic acids is 2. The third-order valence-electron chi connectivity index (χ3n) is 3.49. The normalized spacial score (nSPS) is 14.1. The number of nitrogens with zero attached hydrogens (tertiary/aromatic N) is 1. The fraction of sp³-hybridized carbons (Fsp3) is 0.467. The van der Waals surface area contributed by atoms with Crippen LogP contribution < -0.4 is 10.1 Å². The molecule has 2 amide bonds.